The molecule has 2 aromatic rings. The third-order valence-corrected chi connectivity index (χ3v) is 3.55. The summed E-state index contributed by atoms with van der Waals surface area (Å²) in [6.07, 6.45) is 0. The Kier molecular flexibility index (Phi) is 3.82. The van der Waals surface area contributed by atoms with Gasteiger partial charge in [0.15, 0.2) is 0 Å². The van der Waals surface area contributed by atoms with Crippen molar-refractivity contribution in [3.05, 3.63) is 69.3 Å². The predicted molar refractivity (Wildman–Crippen MR) is 84.3 cm³/mol. The Morgan fingerprint density at radius 1 is 1.00 bits per heavy atom. The van der Waals surface area contributed by atoms with E-state index in [1.807, 2.05) is 5.32 Å². The fourth-order valence-corrected chi connectivity index (χ4v) is 2.38. The number of benzene rings is 2. The number of hydrogen-bond acceptors (Lipinski definition) is 6. The van der Waals surface area contributed by atoms with Crippen molar-refractivity contribution in [3.8, 4) is 0 Å². The molecule has 0 aliphatic carbocycles. The zero-order valence-electron chi connectivity index (χ0n) is 12.4. The van der Waals surface area contributed by atoms with E-state index in [2.05, 4.69) is 5.32 Å². The molecule has 124 valence electrons. The first-order chi connectivity index (χ1) is 11.9. The molecular weight excluding hydrogens is 330 g/mol. The Morgan fingerprint density at radius 3 is 2.44 bits per heavy atom. The topological polar surface area (TPSA) is 135 Å². The van der Waals surface area contributed by atoms with Crippen molar-refractivity contribution < 1.29 is 24.1 Å². The lowest BCUT2D eigenvalue weighted by atomic mass is 9.98. The average molecular weight is 339 g/mol. The van der Waals surface area contributed by atoms with Crippen LogP contribution in [-0.4, -0.2) is 28.4 Å². The minimum absolute atomic E-state index is 0.0649. The van der Waals surface area contributed by atoms with Gasteiger partial charge in [-0.2, -0.15) is 0 Å². The lowest BCUT2D eigenvalue weighted by Gasteiger charge is -2.15. The van der Waals surface area contributed by atoms with Gasteiger partial charge in [-0.1, -0.05) is 12.1 Å². The highest BCUT2D eigenvalue weighted by Crippen LogP contribution is 2.22. The Labute approximate surface area is 139 Å². The van der Waals surface area contributed by atoms with Crippen molar-refractivity contribution in [2.45, 2.75) is 0 Å². The molecule has 9 nitrogen and oxygen atoms in total. The molecule has 3 amide bonds. The van der Waals surface area contributed by atoms with Crippen LogP contribution in [0.15, 0.2) is 42.5 Å². The highest BCUT2D eigenvalue weighted by Gasteiger charge is 2.30. The number of anilines is 1. The second-order valence-electron chi connectivity index (χ2n) is 5.10. The second-order valence-corrected chi connectivity index (χ2v) is 5.10. The lowest BCUT2D eigenvalue weighted by molar-refractivity contribution is -0.385. The largest absolute Gasteiger partial charge is 0.322 e. The van der Waals surface area contributed by atoms with Gasteiger partial charge in [-0.3, -0.25) is 34.6 Å². The van der Waals surface area contributed by atoms with Crippen LogP contribution < -0.4 is 10.6 Å². The molecule has 0 saturated heterocycles. The zero-order chi connectivity index (χ0) is 18.1. The Hall–Kier alpha value is -3.88. The van der Waals surface area contributed by atoms with Crippen molar-refractivity contribution >= 4 is 34.9 Å². The van der Waals surface area contributed by atoms with Crippen LogP contribution in [0.4, 0.5) is 11.4 Å². The molecule has 9 heteroatoms. The maximum absolute atomic E-state index is 12.3. The molecule has 0 radical (unpaired) electrons. The number of carbonyl (C=O) groups is 4. The number of rotatable bonds is 3. The number of amides is 3. The van der Waals surface area contributed by atoms with E-state index in [1.165, 1.54) is 42.5 Å². The molecule has 0 aromatic heterocycles. The molecule has 0 atom stereocenters. The summed E-state index contributed by atoms with van der Waals surface area (Å²) in [5.41, 5.74) is -0.501. The first-order valence-corrected chi connectivity index (χ1v) is 6.97. The number of ketones is 1. The van der Waals surface area contributed by atoms with Gasteiger partial charge in [0.05, 0.1) is 10.5 Å². The van der Waals surface area contributed by atoms with Crippen molar-refractivity contribution in [1.29, 1.82) is 0 Å². The van der Waals surface area contributed by atoms with Crippen LogP contribution >= 0.6 is 0 Å². The number of fused-ring (bicyclic) bond motifs is 1. The summed E-state index contributed by atoms with van der Waals surface area (Å²) in [6, 6.07) is 9.19. The summed E-state index contributed by atoms with van der Waals surface area (Å²) in [4.78, 5) is 57.4. The highest BCUT2D eigenvalue weighted by atomic mass is 16.6. The Bertz CT molecular complexity index is 966. The number of Topliss-reactive ketones (excluding diaryl/α,β-unsaturated/α-hetero) is 1. The number of nitrogens with zero attached hydrogens (tertiary/aromatic N) is 1. The van der Waals surface area contributed by atoms with E-state index in [-0.39, 0.29) is 28.1 Å². The first kappa shape index (κ1) is 16.0. The van der Waals surface area contributed by atoms with Crippen molar-refractivity contribution in [1.82, 2.24) is 5.32 Å². The van der Waals surface area contributed by atoms with Crippen LogP contribution in [0.1, 0.15) is 31.1 Å². The maximum atomic E-state index is 12.3. The van der Waals surface area contributed by atoms with Gasteiger partial charge in [0.1, 0.15) is 5.56 Å². The summed E-state index contributed by atoms with van der Waals surface area (Å²) >= 11 is 0. The Morgan fingerprint density at radius 2 is 1.72 bits per heavy atom. The van der Waals surface area contributed by atoms with Crippen LogP contribution in [0.2, 0.25) is 0 Å². The van der Waals surface area contributed by atoms with Crippen molar-refractivity contribution in [2.75, 3.05) is 5.32 Å². The molecule has 0 bridgehead atoms. The van der Waals surface area contributed by atoms with E-state index in [9.17, 15) is 29.3 Å². The molecular formula is C16H9N3O6. The minimum atomic E-state index is -1.02. The van der Waals surface area contributed by atoms with Gasteiger partial charge < -0.3 is 5.32 Å². The van der Waals surface area contributed by atoms with Crippen LogP contribution in [0, 0.1) is 10.1 Å². The van der Waals surface area contributed by atoms with Gasteiger partial charge in [0.2, 0.25) is 0 Å². The third-order valence-electron chi connectivity index (χ3n) is 3.55. The van der Waals surface area contributed by atoms with E-state index in [0.29, 0.717) is 0 Å². The van der Waals surface area contributed by atoms with Crippen LogP contribution in [0.25, 0.3) is 0 Å². The molecule has 3 rings (SSSR count). The number of nitro benzene ring substituents is 1. The van der Waals surface area contributed by atoms with Crippen LogP contribution in [-0.2, 0) is 4.79 Å². The molecule has 2 N–H and O–H groups in total. The number of hydrogen-bond donors (Lipinski definition) is 2. The van der Waals surface area contributed by atoms with E-state index in [0.717, 1.165) is 0 Å². The van der Waals surface area contributed by atoms with E-state index in [1.54, 1.807) is 0 Å². The summed E-state index contributed by atoms with van der Waals surface area (Å²) in [6.45, 7) is 0. The molecule has 1 heterocycles. The normalized spacial score (nSPS) is 13.0. The number of para-hydroxylation sites is 1. The quantitative estimate of drug-likeness (QED) is 0.374. The second kappa shape index (κ2) is 5.96. The summed E-state index contributed by atoms with van der Waals surface area (Å²) < 4.78 is 0. The number of nitrogens with one attached hydrogen (secondary N) is 2. The minimum Gasteiger partial charge on any atom is -0.322 e. The molecule has 2 aromatic carbocycles. The van der Waals surface area contributed by atoms with Crippen molar-refractivity contribution in [2.24, 2.45) is 0 Å². The maximum Gasteiger partial charge on any atom is 0.299 e. The summed E-state index contributed by atoms with van der Waals surface area (Å²) in [5, 5.41) is 15.3. The Balaban J connectivity index is 1.93. The molecule has 1 aliphatic rings. The molecule has 0 fully saturated rings. The fourth-order valence-electron chi connectivity index (χ4n) is 2.38. The highest BCUT2D eigenvalue weighted by molar-refractivity contribution is 6.49. The van der Waals surface area contributed by atoms with Gasteiger partial charge in [-0.05, 0) is 24.3 Å². The van der Waals surface area contributed by atoms with Gasteiger partial charge in [0.25, 0.3) is 29.2 Å². The standard InChI is InChI=1S/C16H9N3O6/c20-13-9-6-5-8(7-11(9)15(22)18-16(13)23)17-14(21)10-3-1-2-4-12(10)19(24)25/h1-7H,(H,17,21)(H,18,22,23). The smallest absolute Gasteiger partial charge is 0.299 e. The molecule has 0 saturated carbocycles. The summed E-state index contributed by atoms with van der Waals surface area (Å²) in [7, 11) is 0. The first-order valence-electron chi connectivity index (χ1n) is 6.97. The average Bonchev–Trinajstić information content (AvgIpc) is 2.59. The van der Waals surface area contributed by atoms with Gasteiger partial charge >= 0.3 is 0 Å². The molecule has 0 unspecified atom stereocenters. The lowest BCUT2D eigenvalue weighted by Crippen LogP contribution is -2.42. The van der Waals surface area contributed by atoms with Crippen molar-refractivity contribution in [3.63, 3.8) is 0 Å². The van der Waals surface area contributed by atoms with Gasteiger partial charge in [-0.25, -0.2) is 0 Å². The molecule has 1 aliphatic heterocycles. The van der Waals surface area contributed by atoms with Crippen LogP contribution in [0.5, 0.6) is 0 Å². The third kappa shape index (κ3) is 2.85. The zero-order valence-corrected chi connectivity index (χ0v) is 12.4. The number of imide groups is 1. The van der Waals surface area contributed by atoms with E-state index in [4.69, 9.17) is 0 Å². The summed E-state index contributed by atoms with van der Waals surface area (Å²) in [5.74, 6) is -3.38. The van der Waals surface area contributed by atoms with Gasteiger partial charge in [0, 0.05) is 17.3 Å². The predicted octanol–water partition coefficient (Wildman–Crippen LogP) is 1.30. The van der Waals surface area contributed by atoms with Crippen LogP contribution in [0.3, 0.4) is 0 Å². The fraction of sp³-hybridized carbons (Fsp3) is 0. The number of carbonyl (C=O) groups excluding carboxylic acids is 4. The van der Waals surface area contributed by atoms with Gasteiger partial charge in [-0.15, -0.1) is 0 Å². The monoisotopic (exact) mass is 339 g/mol. The number of nitro groups is 1. The SMILES string of the molecule is O=C1NC(=O)c2cc(NC(=O)c3ccccc3[N+](=O)[O-])ccc2C1=O. The molecule has 25 heavy (non-hydrogen) atoms. The van der Waals surface area contributed by atoms with E-state index >= 15 is 0 Å². The van der Waals surface area contributed by atoms with E-state index < -0.39 is 28.4 Å². The molecule has 0 spiro atoms.